The predicted molar refractivity (Wildman–Crippen MR) is 118 cm³/mol. The maximum absolute atomic E-state index is 12.6. The normalized spacial score (nSPS) is 15.0. The lowest BCUT2D eigenvalue weighted by molar-refractivity contribution is -0.121. The van der Waals surface area contributed by atoms with Crippen molar-refractivity contribution in [2.45, 2.75) is 0 Å². The van der Waals surface area contributed by atoms with E-state index in [1.54, 1.807) is 37.4 Å². The van der Waals surface area contributed by atoms with E-state index in [-0.39, 0.29) is 35.5 Å². The number of amides is 2. The average Bonchev–Trinajstić information content (AvgIpc) is 2.96. The number of ketones is 1. The number of benzene rings is 2. The summed E-state index contributed by atoms with van der Waals surface area (Å²) in [6, 6.07) is 10.4. The summed E-state index contributed by atoms with van der Waals surface area (Å²) in [6.07, 6.45) is 1.71. The summed E-state index contributed by atoms with van der Waals surface area (Å²) in [7, 11) is 3.12. The number of nitrogens with zero attached hydrogens (tertiary/aromatic N) is 2. The first kappa shape index (κ1) is 21.5. The van der Waals surface area contributed by atoms with Gasteiger partial charge in [-0.1, -0.05) is 36.1 Å². The third-order valence-corrected chi connectivity index (χ3v) is 5.95. The van der Waals surface area contributed by atoms with E-state index in [1.807, 2.05) is 0 Å². The summed E-state index contributed by atoms with van der Waals surface area (Å²) in [5, 5.41) is 18.9. The van der Waals surface area contributed by atoms with Gasteiger partial charge in [-0.3, -0.25) is 19.3 Å². The molecule has 0 aliphatic carbocycles. The van der Waals surface area contributed by atoms with Crippen LogP contribution in [-0.4, -0.2) is 62.6 Å². The number of hydrogen-bond acceptors (Lipinski definition) is 7. The number of phenols is 2. The van der Waals surface area contributed by atoms with Crippen LogP contribution in [0.1, 0.15) is 26.3 Å². The summed E-state index contributed by atoms with van der Waals surface area (Å²) < 4.78 is 0.492. The van der Waals surface area contributed by atoms with Crippen LogP contribution in [0, 0.1) is 0 Å². The molecule has 1 saturated heterocycles. The molecular formula is C21H18N2O5S2. The first-order valence-corrected chi connectivity index (χ1v) is 10.0. The summed E-state index contributed by atoms with van der Waals surface area (Å²) in [5.41, 5.74) is 1.33. The number of phenolic OH excluding ortho intramolecular Hbond substituents is 2. The van der Waals surface area contributed by atoms with Crippen LogP contribution in [0.2, 0.25) is 0 Å². The second-order valence-corrected chi connectivity index (χ2v) is 8.33. The zero-order chi connectivity index (χ0) is 22.0. The van der Waals surface area contributed by atoms with Gasteiger partial charge < -0.3 is 15.1 Å². The first-order chi connectivity index (χ1) is 14.2. The highest BCUT2D eigenvalue weighted by Gasteiger charge is 2.28. The number of thiocarbonyl (C=S) groups is 1. The monoisotopic (exact) mass is 442 g/mol. The minimum atomic E-state index is -0.398. The summed E-state index contributed by atoms with van der Waals surface area (Å²) in [4.78, 5) is 40.2. The number of likely N-dealkylation sites (N-methyl/N-ethyl adjacent to an activating group) is 2. The lowest BCUT2D eigenvalue weighted by Gasteiger charge is -2.16. The summed E-state index contributed by atoms with van der Waals surface area (Å²) in [5.74, 6) is -1.61. The molecule has 1 fully saturated rings. The Kier molecular flexibility index (Phi) is 6.23. The third kappa shape index (κ3) is 4.52. The van der Waals surface area contributed by atoms with Crippen molar-refractivity contribution in [3.63, 3.8) is 0 Å². The molecule has 9 heteroatoms. The van der Waals surface area contributed by atoms with Crippen molar-refractivity contribution in [3.05, 3.63) is 64.1 Å². The van der Waals surface area contributed by atoms with E-state index in [2.05, 4.69) is 0 Å². The molecule has 2 aromatic rings. The van der Waals surface area contributed by atoms with Gasteiger partial charge in [-0.05, 0) is 42.0 Å². The van der Waals surface area contributed by atoms with Crippen LogP contribution in [0.4, 0.5) is 0 Å². The van der Waals surface area contributed by atoms with Gasteiger partial charge in [0.25, 0.3) is 11.8 Å². The molecule has 0 radical (unpaired) electrons. The molecule has 2 amide bonds. The Hall–Kier alpha value is -3.17. The van der Waals surface area contributed by atoms with Crippen molar-refractivity contribution in [2.75, 3.05) is 20.6 Å². The van der Waals surface area contributed by atoms with Gasteiger partial charge >= 0.3 is 0 Å². The number of carbonyl (C=O) groups is 3. The molecule has 154 valence electrons. The minimum absolute atomic E-state index is 0.163. The number of hydrogen-bond donors (Lipinski definition) is 2. The fourth-order valence-corrected chi connectivity index (χ4v) is 3.89. The summed E-state index contributed by atoms with van der Waals surface area (Å²) in [6.45, 7) is -0.191. The molecule has 1 heterocycles. The first-order valence-electron chi connectivity index (χ1n) is 8.79. The van der Waals surface area contributed by atoms with Gasteiger partial charge in [-0.25, -0.2) is 0 Å². The summed E-state index contributed by atoms with van der Waals surface area (Å²) >= 11 is 6.32. The molecule has 1 aliphatic rings. The molecule has 0 unspecified atom stereocenters. The highest BCUT2D eigenvalue weighted by molar-refractivity contribution is 8.26. The standard InChI is InChI=1S/C21H18N2O5S2/c1-22(11-17(26)14-7-8-15(24)16(25)10-14)19(27)13-5-3-12(4-6-13)9-18-20(28)23(2)21(29)30-18/h3-10,24-25H,11H2,1-2H3. The van der Waals surface area contributed by atoms with Crippen molar-refractivity contribution in [1.82, 2.24) is 9.80 Å². The predicted octanol–water partition coefficient (Wildman–Crippen LogP) is 2.88. The molecule has 0 atom stereocenters. The molecule has 30 heavy (non-hydrogen) atoms. The van der Waals surface area contributed by atoms with Gasteiger partial charge in [0.2, 0.25) is 0 Å². The van der Waals surface area contributed by atoms with Crippen molar-refractivity contribution in [3.8, 4) is 11.5 Å². The Morgan fingerprint density at radius 2 is 1.73 bits per heavy atom. The molecule has 2 N–H and O–H groups in total. The molecule has 3 rings (SSSR count). The second kappa shape index (κ2) is 8.68. The van der Waals surface area contributed by atoms with Crippen LogP contribution in [0.15, 0.2) is 47.4 Å². The number of aromatic hydroxyl groups is 2. The number of Topliss-reactive ketones (excluding diaryl/α,β-unsaturated/α-hetero) is 1. The maximum atomic E-state index is 12.6. The van der Waals surface area contributed by atoms with E-state index >= 15 is 0 Å². The molecule has 1 aliphatic heterocycles. The van der Waals surface area contributed by atoms with Crippen LogP contribution in [0.5, 0.6) is 11.5 Å². The Labute approximate surface area is 182 Å². The molecule has 2 aromatic carbocycles. The van der Waals surface area contributed by atoms with Crippen LogP contribution < -0.4 is 0 Å². The Morgan fingerprint density at radius 3 is 2.30 bits per heavy atom. The van der Waals surface area contributed by atoms with Crippen molar-refractivity contribution >= 4 is 52.0 Å². The van der Waals surface area contributed by atoms with Crippen molar-refractivity contribution < 1.29 is 24.6 Å². The van der Waals surface area contributed by atoms with Gasteiger partial charge in [0.1, 0.15) is 4.32 Å². The topological polar surface area (TPSA) is 98.2 Å². The maximum Gasteiger partial charge on any atom is 0.265 e. The van der Waals surface area contributed by atoms with E-state index in [1.165, 1.54) is 40.7 Å². The van der Waals surface area contributed by atoms with Gasteiger partial charge in [0.05, 0.1) is 11.4 Å². The van der Waals surface area contributed by atoms with E-state index in [0.717, 1.165) is 11.6 Å². The third-order valence-electron chi connectivity index (χ3n) is 4.47. The second-order valence-electron chi connectivity index (χ2n) is 6.65. The average molecular weight is 443 g/mol. The molecular weight excluding hydrogens is 424 g/mol. The largest absolute Gasteiger partial charge is 0.504 e. The molecule has 0 bridgehead atoms. The van der Waals surface area contributed by atoms with Gasteiger partial charge in [-0.2, -0.15) is 0 Å². The number of rotatable bonds is 5. The van der Waals surface area contributed by atoms with E-state index in [0.29, 0.717) is 14.8 Å². The van der Waals surface area contributed by atoms with Gasteiger partial charge in [0, 0.05) is 25.2 Å². The van der Waals surface area contributed by atoms with Crippen LogP contribution >= 0.6 is 24.0 Å². The molecule has 0 saturated carbocycles. The number of thioether (sulfide) groups is 1. The van der Waals surface area contributed by atoms with E-state index in [9.17, 15) is 24.6 Å². The fourth-order valence-electron chi connectivity index (χ4n) is 2.71. The highest BCUT2D eigenvalue weighted by Crippen LogP contribution is 2.31. The van der Waals surface area contributed by atoms with E-state index in [4.69, 9.17) is 12.2 Å². The van der Waals surface area contributed by atoms with Gasteiger partial charge in [-0.15, -0.1) is 0 Å². The van der Waals surface area contributed by atoms with Crippen molar-refractivity contribution in [1.29, 1.82) is 0 Å². The Morgan fingerprint density at radius 1 is 1.10 bits per heavy atom. The highest BCUT2D eigenvalue weighted by atomic mass is 32.2. The van der Waals surface area contributed by atoms with Crippen LogP contribution in [0.25, 0.3) is 6.08 Å². The lowest BCUT2D eigenvalue weighted by Crippen LogP contribution is -2.32. The van der Waals surface area contributed by atoms with Gasteiger partial charge in [0.15, 0.2) is 17.3 Å². The molecule has 0 spiro atoms. The lowest BCUT2D eigenvalue weighted by atomic mass is 10.1. The van der Waals surface area contributed by atoms with E-state index < -0.39 is 5.75 Å². The van der Waals surface area contributed by atoms with Crippen LogP contribution in [-0.2, 0) is 4.79 Å². The SMILES string of the molecule is CN(CC(=O)c1ccc(O)c(O)c1)C(=O)c1ccc(C=C2SC(=S)N(C)C2=O)cc1. The van der Waals surface area contributed by atoms with Crippen LogP contribution in [0.3, 0.4) is 0 Å². The fraction of sp³-hybridized carbons (Fsp3) is 0.143. The molecule has 0 aromatic heterocycles. The quantitative estimate of drug-likeness (QED) is 0.318. The number of carbonyl (C=O) groups excluding carboxylic acids is 3. The zero-order valence-electron chi connectivity index (χ0n) is 16.2. The Balaban J connectivity index is 1.68. The van der Waals surface area contributed by atoms with Crippen molar-refractivity contribution in [2.24, 2.45) is 0 Å². The zero-order valence-corrected chi connectivity index (χ0v) is 17.8. The Bertz CT molecular complexity index is 1080. The minimum Gasteiger partial charge on any atom is -0.504 e. The molecule has 7 nitrogen and oxygen atoms in total. The smallest absolute Gasteiger partial charge is 0.265 e.